The molecule has 0 N–H and O–H groups in total. The van der Waals surface area contributed by atoms with Gasteiger partial charge in [0.25, 0.3) is 0 Å². The zero-order valence-corrected chi connectivity index (χ0v) is 31.8. The van der Waals surface area contributed by atoms with Crippen molar-refractivity contribution in [3.05, 3.63) is 218 Å². The first-order chi connectivity index (χ1) is 28.7. The lowest BCUT2D eigenvalue weighted by molar-refractivity contribution is 0.979. The molecule has 11 aromatic rings. The number of hydrogen-bond acceptors (Lipinski definition) is 0. The molecule has 0 unspecified atom stereocenters. The fourth-order valence-electron chi connectivity index (χ4n) is 9.57. The third-order valence-corrected chi connectivity index (χ3v) is 12.2. The quantitative estimate of drug-likeness (QED) is 0.167. The van der Waals surface area contributed by atoms with Crippen LogP contribution in [0.5, 0.6) is 0 Å². The van der Waals surface area contributed by atoms with Gasteiger partial charge < -0.3 is 13.7 Å². The molecule has 8 aromatic carbocycles. The number of benzene rings is 8. The second kappa shape index (κ2) is 12.7. The highest BCUT2D eigenvalue weighted by Crippen LogP contribution is 2.42. The molecule has 3 heteroatoms. The number of rotatable bonds is 5. The predicted molar refractivity (Wildman–Crippen MR) is 245 cm³/mol. The molecule has 0 atom stereocenters. The summed E-state index contributed by atoms with van der Waals surface area (Å²) in [5, 5.41) is 6.25. The predicted octanol–water partition coefficient (Wildman–Crippen LogP) is 14.3. The highest BCUT2D eigenvalue weighted by molar-refractivity contribution is 6.12. The molecule has 0 fully saturated rings. The van der Waals surface area contributed by atoms with Gasteiger partial charge >= 0.3 is 0 Å². The van der Waals surface area contributed by atoms with Crippen LogP contribution < -0.4 is 0 Å². The number of aromatic nitrogens is 3. The van der Waals surface area contributed by atoms with Gasteiger partial charge in [-0.2, -0.15) is 0 Å². The zero-order valence-electron chi connectivity index (χ0n) is 31.8. The van der Waals surface area contributed by atoms with Crippen molar-refractivity contribution in [3.63, 3.8) is 0 Å². The molecule has 58 heavy (non-hydrogen) atoms. The average molecular weight is 740 g/mol. The van der Waals surface area contributed by atoms with Crippen molar-refractivity contribution in [1.82, 2.24) is 13.7 Å². The number of hydrogen-bond donors (Lipinski definition) is 0. The molecule has 0 saturated carbocycles. The van der Waals surface area contributed by atoms with Gasteiger partial charge in [0.1, 0.15) is 0 Å². The summed E-state index contributed by atoms with van der Waals surface area (Å²) in [5.41, 5.74) is 18.0. The molecule has 0 spiro atoms. The van der Waals surface area contributed by atoms with Crippen molar-refractivity contribution in [2.75, 3.05) is 0 Å². The monoisotopic (exact) mass is 739 g/mol. The van der Waals surface area contributed by atoms with Crippen molar-refractivity contribution >= 4 is 60.6 Å². The van der Waals surface area contributed by atoms with Crippen LogP contribution in [-0.4, -0.2) is 13.7 Å². The molecule has 1 aliphatic rings. The van der Waals surface area contributed by atoms with E-state index >= 15 is 0 Å². The van der Waals surface area contributed by atoms with Gasteiger partial charge in [0.2, 0.25) is 0 Å². The van der Waals surface area contributed by atoms with Crippen LogP contribution in [0.3, 0.4) is 0 Å². The molecule has 3 nitrogen and oxygen atoms in total. The van der Waals surface area contributed by atoms with E-state index < -0.39 is 0 Å². The lowest BCUT2D eigenvalue weighted by Gasteiger charge is -2.15. The first-order valence-corrected chi connectivity index (χ1v) is 20.0. The molecule has 12 rings (SSSR count). The van der Waals surface area contributed by atoms with E-state index in [4.69, 9.17) is 0 Å². The minimum atomic E-state index is 0.810. The van der Waals surface area contributed by atoms with Crippen LogP contribution in [0.1, 0.15) is 11.3 Å². The second-order valence-corrected chi connectivity index (χ2v) is 15.4. The van der Waals surface area contributed by atoms with E-state index in [-0.39, 0.29) is 0 Å². The van der Waals surface area contributed by atoms with E-state index in [0.29, 0.717) is 0 Å². The van der Waals surface area contributed by atoms with E-state index in [2.05, 4.69) is 220 Å². The van der Waals surface area contributed by atoms with Crippen molar-refractivity contribution < 1.29 is 0 Å². The molecular weight excluding hydrogens is 703 g/mol. The van der Waals surface area contributed by atoms with Crippen LogP contribution >= 0.6 is 0 Å². The Hall–Kier alpha value is -7.62. The summed E-state index contributed by atoms with van der Waals surface area (Å²) >= 11 is 0. The lowest BCUT2D eigenvalue weighted by atomic mass is 9.96. The van der Waals surface area contributed by atoms with Gasteiger partial charge in [-0.1, -0.05) is 140 Å². The van der Waals surface area contributed by atoms with Crippen LogP contribution in [0.2, 0.25) is 0 Å². The zero-order chi connectivity index (χ0) is 38.3. The largest absolute Gasteiger partial charge is 0.313 e. The molecule has 0 bridgehead atoms. The third kappa shape index (κ3) is 4.87. The number of nitrogens with zero attached hydrogens (tertiary/aromatic N) is 3. The fraction of sp³-hybridized carbons (Fsp3) is 0.0182. The molecule has 272 valence electrons. The minimum Gasteiger partial charge on any atom is -0.313 e. The van der Waals surface area contributed by atoms with Crippen LogP contribution in [0.4, 0.5) is 0 Å². The summed E-state index contributed by atoms with van der Waals surface area (Å²) < 4.78 is 7.30. The van der Waals surface area contributed by atoms with Crippen LogP contribution in [0, 0.1) is 0 Å². The Morgan fingerprint density at radius 2 is 0.897 bits per heavy atom. The number of allylic oxidation sites excluding steroid dienone is 2. The molecule has 3 aromatic heterocycles. The normalized spacial score (nSPS) is 12.7. The van der Waals surface area contributed by atoms with Crippen LogP contribution in [0.15, 0.2) is 206 Å². The maximum absolute atomic E-state index is 4.37. The van der Waals surface area contributed by atoms with Gasteiger partial charge in [-0.05, 0) is 89.0 Å². The fourth-order valence-corrected chi connectivity index (χ4v) is 9.57. The highest BCUT2D eigenvalue weighted by atomic mass is 15.0. The Labute approximate surface area is 336 Å². The van der Waals surface area contributed by atoms with Gasteiger partial charge in [0, 0.05) is 61.5 Å². The molecular formula is C55H37N3. The standard InChI is InChI=1S/C55H37N3/c1-36-23-30-46-47-34-39(26-31-53(47)56(55(46)33-36)40-27-24-38(25-28-40)37-13-3-2-4-14-37)42-15-5-9-19-49(42)58-52-22-12-8-18-45(52)48-35-41(29-32-54(48)58)57-50-20-10-6-16-43(50)44-17-7-11-21-51(44)57/h2-32,34-35H,1,33H2. The van der Waals surface area contributed by atoms with Crippen molar-refractivity contribution in [2.24, 2.45) is 0 Å². The van der Waals surface area contributed by atoms with E-state index in [0.717, 1.165) is 29.1 Å². The second-order valence-electron chi connectivity index (χ2n) is 15.4. The first kappa shape index (κ1) is 32.6. The SMILES string of the molecule is C=C1C=Cc2c(n(-c3ccc(-c4ccccc4)cc3)c3ccc(-c4ccccc4-n4c5ccccc5c5cc(-n6c7ccccc7c7ccccc76)ccc54)cc23)C1. The van der Waals surface area contributed by atoms with Crippen LogP contribution in [-0.2, 0) is 6.42 Å². The Kier molecular flexibility index (Phi) is 7.14. The average Bonchev–Trinajstić information content (AvgIpc) is 3.91. The van der Waals surface area contributed by atoms with E-state index in [9.17, 15) is 0 Å². The summed E-state index contributed by atoms with van der Waals surface area (Å²) in [5.74, 6) is 0. The van der Waals surface area contributed by atoms with E-state index in [1.165, 1.54) is 88.0 Å². The Morgan fingerprint density at radius 1 is 0.362 bits per heavy atom. The van der Waals surface area contributed by atoms with Gasteiger partial charge in [-0.15, -0.1) is 0 Å². The Bertz CT molecular complexity index is 3430. The molecule has 0 radical (unpaired) electrons. The highest BCUT2D eigenvalue weighted by Gasteiger charge is 2.22. The number of fused-ring (bicyclic) bond motifs is 9. The maximum Gasteiger partial charge on any atom is 0.0542 e. The van der Waals surface area contributed by atoms with Gasteiger partial charge in [-0.25, -0.2) is 0 Å². The van der Waals surface area contributed by atoms with Gasteiger partial charge in [0.05, 0.1) is 33.3 Å². The van der Waals surface area contributed by atoms with Crippen LogP contribution in [0.25, 0.3) is 99.9 Å². The van der Waals surface area contributed by atoms with Gasteiger partial charge in [0.15, 0.2) is 0 Å². The number of para-hydroxylation sites is 4. The summed E-state index contributed by atoms with van der Waals surface area (Å²) in [7, 11) is 0. The molecule has 0 amide bonds. The summed E-state index contributed by atoms with van der Waals surface area (Å²) in [6.45, 7) is 4.37. The topological polar surface area (TPSA) is 14.8 Å². The lowest BCUT2D eigenvalue weighted by Crippen LogP contribution is -2.04. The molecule has 0 aliphatic heterocycles. The third-order valence-electron chi connectivity index (χ3n) is 12.2. The minimum absolute atomic E-state index is 0.810. The van der Waals surface area contributed by atoms with E-state index in [1.54, 1.807) is 0 Å². The van der Waals surface area contributed by atoms with E-state index in [1.807, 2.05) is 0 Å². The van der Waals surface area contributed by atoms with Gasteiger partial charge in [-0.3, -0.25) is 0 Å². The van der Waals surface area contributed by atoms with Crippen molar-refractivity contribution in [2.45, 2.75) is 6.42 Å². The smallest absolute Gasteiger partial charge is 0.0542 e. The van der Waals surface area contributed by atoms with Crippen molar-refractivity contribution in [1.29, 1.82) is 0 Å². The summed E-state index contributed by atoms with van der Waals surface area (Å²) in [4.78, 5) is 0. The maximum atomic E-state index is 4.37. The Morgan fingerprint density at radius 3 is 1.64 bits per heavy atom. The Balaban J connectivity index is 1.03. The molecule has 1 aliphatic carbocycles. The first-order valence-electron chi connectivity index (χ1n) is 20.0. The molecule has 0 saturated heterocycles. The molecule has 3 heterocycles. The van der Waals surface area contributed by atoms with Crippen molar-refractivity contribution in [3.8, 4) is 39.3 Å². The summed E-state index contributed by atoms with van der Waals surface area (Å²) in [6.07, 6.45) is 5.25. The summed E-state index contributed by atoms with van der Waals surface area (Å²) in [6, 6.07) is 68.7.